The fourth-order valence-electron chi connectivity index (χ4n) is 2.16. The van der Waals surface area contributed by atoms with Crippen molar-refractivity contribution >= 4 is 22.8 Å². The van der Waals surface area contributed by atoms with Gasteiger partial charge in [-0.1, -0.05) is 23.8 Å². The molecule has 17 heavy (non-hydrogen) atoms. The van der Waals surface area contributed by atoms with Crippen molar-refractivity contribution in [3.63, 3.8) is 0 Å². The van der Waals surface area contributed by atoms with Crippen molar-refractivity contribution < 1.29 is 5.11 Å². The second-order valence-corrected chi connectivity index (χ2v) is 4.48. The van der Waals surface area contributed by atoms with Crippen LogP contribution < -0.4 is 0 Å². The van der Waals surface area contributed by atoms with E-state index in [0.717, 1.165) is 12.1 Å². The lowest BCUT2D eigenvalue weighted by Gasteiger charge is -2.12. The third-order valence-corrected chi connectivity index (χ3v) is 3.33. The first-order chi connectivity index (χ1) is 8.29. The number of halogens is 1. The van der Waals surface area contributed by atoms with E-state index in [9.17, 15) is 0 Å². The Hall–Kier alpha value is -1.46. The van der Waals surface area contributed by atoms with Crippen LogP contribution in [0.3, 0.4) is 0 Å². The number of aliphatic hydroxyl groups is 1. The molecule has 0 bridgehead atoms. The number of imidazole rings is 1. The molecule has 5 nitrogen and oxygen atoms in total. The highest BCUT2D eigenvalue weighted by atomic mass is 35.5. The highest BCUT2D eigenvalue weighted by Gasteiger charge is 2.22. The van der Waals surface area contributed by atoms with E-state index in [1.54, 1.807) is 6.33 Å². The molecule has 6 heteroatoms. The lowest BCUT2D eigenvalue weighted by atomic mass is 10.1. The van der Waals surface area contributed by atoms with E-state index < -0.39 is 0 Å². The SMILES string of the molecule is OC[C@@H]1C=CC(n2cnc3c(Cl)ncnc32)C1. The predicted octanol–water partition coefficient (Wildman–Crippen LogP) is 1.59. The van der Waals surface area contributed by atoms with Crippen LogP contribution in [0.1, 0.15) is 12.5 Å². The Morgan fingerprint density at radius 1 is 1.35 bits per heavy atom. The van der Waals surface area contributed by atoms with Crippen LogP contribution in [0.5, 0.6) is 0 Å². The van der Waals surface area contributed by atoms with Crippen molar-refractivity contribution in [2.45, 2.75) is 12.5 Å². The number of hydrogen-bond donors (Lipinski definition) is 1. The van der Waals surface area contributed by atoms with Crippen LogP contribution in [0.2, 0.25) is 5.15 Å². The molecule has 3 rings (SSSR count). The fourth-order valence-corrected chi connectivity index (χ4v) is 2.34. The number of aromatic nitrogens is 4. The smallest absolute Gasteiger partial charge is 0.165 e. The number of aliphatic hydroxyl groups excluding tert-OH is 1. The van der Waals surface area contributed by atoms with Gasteiger partial charge in [0.25, 0.3) is 0 Å². The number of rotatable bonds is 2. The van der Waals surface area contributed by atoms with Gasteiger partial charge in [-0.3, -0.25) is 0 Å². The summed E-state index contributed by atoms with van der Waals surface area (Å²) in [6.07, 6.45) is 8.12. The molecule has 0 saturated heterocycles. The van der Waals surface area contributed by atoms with Gasteiger partial charge in [0.1, 0.15) is 11.8 Å². The summed E-state index contributed by atoms with van der Waals surface area (Å²) < 4.78 is 1.97. The molecule has 88 valence electrons. The second kappa shape index (κ2) is 4.09. The molecule has 1 N–H and O–H groups in total. The van der Waals surface area contributed by atoms with Crippen molar-refractivity contribution in [1.82, 2.24) is 19.5 Å². The quantitative estimate of drug-likeness (QED) is 0.649. The zero-order chi connectivity index (χ0) is 11.8. The van der Waals surface area contributed by atoms with Crippen LogP contribution in [-0.2, 0) is 0 Å². The van der Waals surface area contributed by atoms with Gasteiger partial charge in [-0.05, 0) is 6.42 Å². The Labute approximate surface area is 103 Å². The summed E-state index contributed by atoms with van der Waals surface area (Å²) in [5, 5.41) is 9.49. The molecule has 0 spiro atoms. The van der Waals surface area contributed by atoms with Crippen molar-refractivity contribution in [3.8, 4) is 0 Å². The van der Waals surface area contributed by atoms with Gasteiger partial charge in [0, 0.05) is 12.5 Å². The van der Waals surface area contributed by atoms with E-state index in [1.165, 1.54) is 6.33 Å². The highest BCUT2D eigenvalue weighted by molar-refractivity contribution is 6.33. The summed E-state index contributed by atoms with van der Waals surface area (Å²) in [4.78, 5) is 12.3. The summed E-state index contributed by atoms with van der Waals surface area (Å²) in [5.41, 5.74) is 1.35. The van der Waals surface area contributed by atoms with Gasteiger partial charge < -0.3 is 9.67 Å². The van der Waals surface area contributed by atoms with E-state index in [-0.39, 0.29) is 18.6 Å². The largest absolute Gasteiger partial charge is 0.396 e. The van der Waals surface area contributed by atoms with E-state index in [0.29, 0.717) is 10.7 Å². The summed E-state index contributed by atoms with van der Waals surface area (Å²) in [5.74, 6) is 0.217. The molecule has 2 aromatic heterocycles. The van der Waals surface area contributed by atoms with Gasteiger partial charge in [-0.15, -0.1) is 0 Å². The fraction of sp³-hybridized carbons (Fsp3) is 0.364. The molecule has 0 radical (unpaired) electrons. The predicted molar refractivity (Wildman–Crippen MR) is 63.7 cm³/mol. The molecular weight excluding hydrogens is 240 g/mol. The average Bonchev–Trinajstić information content (AvgIpc) is 2.94. The Bertz CT molecular complexity index is 580. The minimum absolute atomic E-state index is 0.176. The van der Waals surface area contributed by atoms with Crippen LogP contribution >= 0.6 is 11.6 Å². The first kappa shape index (κ1) is 10.7. The van der Waals surface area contributed by atoms with Gasteiger partial charge in [-0.25, -0.2) is 15.0 Å². The lowest BCUT2D eigenvalue weighted by Crippen LogP contribution is -2.07. The first-order valence-electron chi connectivity index (χ1n) is 5.42. The zero-order valence-corrected chi connectivity index (χ0v) is 9.75. The summed E-state index contributed by atoms with van der Waals surface area (Å²) in [7, 11) is 0. The first-order valence-corrected chi connectivity index (χ1v) is 5.79. The molecule has 1 unspecified atom stereocenters. The summed E-state index contributed by atoms with van der Waals surface area (Å²) in [6, 6.07) is 0.183. The van der Waals surface area contributed by atoms with Gasteiger partial charge >= 0.3 is 0 Å². The normalized spacial score (nSPS) is 23.6. The standard InChI is InChI=1S/C11H11ClN4O/c12-10-9-11(14-5-13-10)16(6-15-9)8-2-1-7(3-8)4-17/h1-2,5-8,17H,3-4H2/t7-,8?/m1/s1. The van der Waals surface area contributed by atoms with E-state index >= 15 is 0 Å². The monoisotopic (exact) mass is 250 g/mol. The van der Waals surface area contributed by atoms with Crippen LogP contribution in [0, 0.1) is 5.92 Å². The van der Waals surface area contributed by atoms with Crippen LogP contribution in [0.4, 0.5) is 0 Å². The number of nitrogens with zero attached hydrogens (tertiary/aromatic N) is 4. The molecule has 0 aliphatic heterocycles. The maximum Gasteiger partial charge on any atom is 0.165 e. The molecule has 1 aliphatic carbocycles. The van der Waals surface area contributed by atoms with E-state index in [2.05, 4.69) is 21.0 Å². The Morgan fingerprint density at radius 3 is 3.00 bits per heavy atom. The zero-order valence-electron chi connectivity index (χ0n) is 8.99. The van der Waals surface area contributed by atoms with Crippen molar-refractivity contribution in [3.05, 3.63) is 30.0 Å². The van der Waals surface area contributed by atoms with E-state index in [4.69, 9.17) is 16.7 Å². The maximum absolute atomic E-state index is 9.12. The minimum atomic E-state index is 0.176. The van der Waals surface area contributed by atoms with E-state index in [1.807, 2.05) is 10.6 Å². The molecular formula is C11H11ClN4O. The molecule has 0 fully saturated rings. The van der Waals surface area contributed by atoms with Crippen LogP contribution in [0.25, 0.3) is 11.2 Å². The van der Waals surface area contributed by atoms with Crippen molar-refractivity contribution in [2.75, 3.05) is 6.61 Å². The molecule has 2 heterocycles. The van der Waals surface area contributed by atoms with Gasteiger partial charge in [-0.2, -0.15) is 0 Å². The van der Waals surface area contributed by atoms with Crippen LogP contribution in [-0.4, -0.2) is 31.2 Å². The van der Waals surface area contributed by atoms with Gasteiger partial charge in [0.15, 0.2) is 10.8 Å². The highest BCUT2D eigenvalue weighted by Crippen LogP contribution is 2.30. The average molecular weight is 251 g/mol. The molecule has 1 aliphatic rings. The van der Waals surface area contributed by atoms with Crippen molar-refractivity contribution in [1.29, 1.82) is 0 Å². The molecule has 2 atom stereocenters. The third-order valence-electron chi connectivity index (χ3n) is 3.06. The topological polar surface area (TPSA) is 63.8 Å². The summed E-state index contributed by atoms with van der Waals surface area (Å²) >= 11 is 5.95. The number of fused-ring (bicyclic) bond motifs is 1. The minimum Gasteiger partial charge on any atom is -0.396 e. The molecule has 0 aromatic carbocycles. The van der Waals surface area contributed by atoms with Crippen molar-refractivity contribution in [2.24, 2.45) is 5.92 Å². The van der Waals surface area contributed by atoms with Crippen LogP contribution in [0.15, 0.2) is 24.8 Å². The maximum atomic E-state index is 9.12. The second-order valence-electron chi connectivity index (χ2n) is 4.12. The Kier molecular flexibility index (Phi) is 2.57. The lowest BCUT2D eigenvalue weighted by molar-refractivity contribution is 0.244. The molecule has 0 amide bonds. The third kappa shape index (κ3) is 1.71. The van der Waals surface area contributed by atoms with Gasteiger partial charge in [0.05, 0.1) is 12.4 Å². The number of hydrogen-bond acceptors (Lipinski definition) is 4. The Morgan fingerprint density at radius 2 is 2.24 bits per heavy atom. The molecule has 2 aromatic rings. The Balaban J connectivity index is 2.02. The number of allylic oxidation sites excluding steroid dienone is 1. The molecule has 0 saturated carbocycles. The van der Waals surface area contributed by atoms with Gasteiger partial charge in [0.2, 0.25) is 0 Å². The summed E-state index contributed by atoms with van der Waals surface area (Å²) in [6.45, 7) is 0.176.